The Bertz CT molecular complexity index is 1230. The predicted molar refractivity (Wildman–Crippen MR) is 138 cm³/mol. The second-order valence-electron chi connectivity index (χ2n) is 9.37. The lowest BCUT2D eigenvalue weighted by atomic mass is 10.0. The standard InChI is InChI=1S/C29H30N4O3/c34-26(30-17-22-15-16-32(19-22)23-11-5-2-6-12-23)18-31-28(35)27-24-13-7-8-14-25(24)29(36)33(27)20-21-9-3-1-4-10-21/h1-14,22,27H,15-20H2,(H,30,34)(H,31,35)/t22-,27-/m0/s1. The van der Waals surface area contributed by atoms with E-state index in [4.69, 9.17) is 0 Å². The average Bonchev–Trinajstić information content (AvgIpc) is 3.50. The van der Waals surface area contributed by atoms with Gasteiger partial charge in [-0.25, -0.2) is 0 Å². The molecule has 2 N–H and O–H groups in total. The van der Waals surface area contributed by atoms with E-state index in [-0.39, 0.29) is 24.3 Å². The molecule has 0 spiro atoms. The molecule has 36 heavy (non-hydrogen) atoms. The van der Waals surface area contributed by atoms with Crippen LogP contribution in [0.2, 0.25) is 0 Å². The zero-order valence-corrected chi connectivity index (χ0v) is 20.1. The van der Waals surface area contributed by atoms with Crippen molar-refractivity contribution >= 4 is 23.4 Å². The molecule has 1 saturated heterocycles. The average molecular weight is 483 g/mol. The lowest BCUT2D eigenvalue weighted by Gasteiger charge is -2.24. The molecule has 0 unspecified atom stereocenters. The van der Waals surface area contributed by atoms with Crippen molar-refractivity contribution in [1.29, 1.82) is 0 Å². The zero-order chi connectivity index (χ0) is 24.9. The maximum absolute atomic E-state index is 13.2. The Morgan fingerprint density at radius 1 is 0.861 bits per heavy atom. The number of carbonyl (C=O) groups excluding carboxylic acids is 3. The molecule has 1 fully saturated rings. The van der Waals surface area contributed by atoms with Gasteiger partial charge < -0.3 is 20.4 Å². The molecular weight excluding hydrogens is 452 g/mol. The third-order valence-electron chi connectivity index (χ3n) is 6.92. The molecular formula is C29H30N4O3. The predicted octanol–water partition coefficient (Wildman–Crippen LogP) is 3.14. The number of rotatable bonds is 8. The second kappa shape index (κ2) is 10.6. The minimum Gasteiger partial charge on any atom is -0.371 e. The topological polar surface area (TPSA) is 81.8 Å². The molecule has 7 heteroatoms. The molecule has 184 valence electrons. The van der Waals surface area contributed by atoms with Crippen molar-refractivity contribution in [1.82, 2.24) is 15.5 Å². The van der Waals surface area contributed by atoms with Gasteiger partial charge >= 0.3 is 0 Å². The third-order valence-corrected chi connectivity index (χ3v) is 6.92. The second-order valence-corrected chi connectivity index (χ2v) is 9.37. The van der Waals surface area contributed by atoms with E-state index in [2.05, 4.69) is 27.7 Å². The highest BCUT2D eigenvalue weighted by Gasteiger charge is 2.40. The van der Waals surface area contributed by atoms with Gasteiger partial charge in [-0.3, -0.25) is 14.4 Å². The molecule has 0 bridgehead atoms. The van der Waals surface area contributed by atoms with E-state index in [1.54, 1.807) is 23.1 Å². The minimum absolute atomic E-state index is 0.125. The summed E-state index contributed by atoms with van der Waals surface area (Å²) in [5, 5.41) is 5.72. The van der Waals surface area contributed by atoms with Gasteiger partial charge in [0.15, 0.2) is 0 Å². The van der Waals surface area contributed by atoms with Crippen molar-refractivity contribution in [3.05, 3.63) is 102 Å². The third kappa shape index (κ3) is 5.10. The van der Waals surface area contributed by atoms with Gasteiger partial charge in [0.2, 0.25) is 11.8 Å². The molecule has 0 aromatic heterocycles. The molecule has 2 aliphatic heterocycles. The zero-order valence-electron chi connectivity index (χ0n) is 20.1. The Kier molecular flexibility index (Phi) is 6.98. The number of benzene rings is 3. The van der Waals surface area contributed by atoms with Gasteiger partial charge in [0.25, 0.3) is 5.91 Å². The van der Waals surface area contributed by atoms with Crippen molar-refractivity contribution in [2.75, 3.05) is 31.1 Å². The SMILES string of the molecule is O=C(CNC(=O)[C@@H]1c2ccccc2C(=O)N1Cc1ccccc1)NC[C@@H]1CCN(c2ccccc2)C1. The van der Waals surface area contributed by atoms with Crippen LogP contribution >= 0.6 is 0 Å². The number of anilines is 1. The smallest absolute Gasteiger partial charge is 0.255 e. The van der Waals surface area contributed by atoms with Crippen LogP contribution in [0.1, 0.15) is 33.9 Å². The van der Waals surface area contributed by atoms with Gasteiger partial charge in [0, 0.05) is 37.4 Å². The number of para-hydroxylation sites is 1. The summed E-state index contributed by atoms with van der Waals surface area (Å²) < 4.78 is 0. The van der Waals surface area contributed by atoms with Crippen LogP contribution in [-0.2, 0) is 16.1 Å². The quantitative estimate of drug-likeness (QED) is 0.517. The summed E-state index contributed by atoms with van der Waals surface area (Å²) in [5.41, 5.74) is 3.34. The molecule has 2 aliphatic rings. The first-order valence-corrected chi connectivity index (χ1v) is 12.4. The van der Waals surface area contributed by atoms with E-state index < -0.39 is 6.04 Å². The minimum atomic E-state index is -0.768. The molecule has 3 amide bonds. The van der Waals surface area contributed by atoms with Crippen molar-refractivity contribution in [2.24, 2.45) is 5.92 Å². The largest absolute Gasteiger partial charge is 0.371 e. The summed E-state index contributed by atoms with van der Waals surface area (Å²) in [6.45, 7) is 2.63. The monoisotopic (exact) mass is 482 g/mol. The first-order chi connectivity index (χ1) is 17.6. The van der Waals surface area contributed by atoms with Crippen LogP contribution in [-0.4, -0.2) is 48.8 Å². The highest BCUT2D eigenvalue weighted by atomic mass is 16.2. The van der Waals surface area contributed by atoms with Crippen LogP contribution < -0.4 is 15.5 Å². The van der Waals surface area contributed by atoms with E-state index >= 15 is 0 Å². The number of amides is 3. The Morgan fingerprint density at radius 2 is 1.56 bits per heavy atom. The summed E-state index contributed by atoms with van der Waals surface area (Å²) in [6, 6.07) is 26.3. The molecule has 0 radical (unpaired) electrons. The molecule has 0 aliphatic carbocycles. The molecule has 2 atom stereocenters. The van der Waals surface area contributed by atoms with Crippen LogP contribution in [0.25, 0.3) is 0 Å². The van der Waals surface area contributed by atoms with Crippen LogP contribution in [0, 0.1) is 5.92 Å². The summed E-state index contributed by atoms with van der Waals surface area (Å²) >= 11 is 0. The van der Waals surface area contributed by atoms with Gasteiger partial charge in [0.05, 0.1) is 6.54 Å². The molecule has 0 saturated carbocycles. The highest BCUT2D eigenvalue weighted by Crippen LogP contribution is 2.35. The first-order valence-electron chi connectivity index (χ1n) is 12.4. The van der Waals surface area contributed by atoms with E-state index in [0.29, 0.717) is 30.1 Å². The van der Waals surface area contributed by atoms with E-state index in [1.807, 2.05) is 54.6 Å². The normalized spacial score (nSPS) is 18.7. The van der Waals surface area contributed by atoms with Crippen LogP contribution in [0.5, 0.6) is 0 Å². The fourth-order valence-electron chi connectivity index (χ4n) is 5.05. The number of hydrogen-bond acceptors (Lipinski definition) is 4. The fraction of sp³-hybridized carbons (Fsp3) is 0.276. The Morgan fingerprint density at radius 3 is 2.33 bits per heavy atom. The molecule has 2 heterocycles. The van der Waals surface area contributed by atoms with Crippen molar-refractivity contribution < 1.29 is 14.4 Å². The Labute approximate surface area is 211 Å². The van der Waals surface area contributed by atoms with E-state index in [1.165, 1.54) is 5.69 Å². The molecule has 3 aromatic rings. The van der Waals surface area contributed by atoms with Crippen molar-refractivity contribution in [3.63, 3.8) is 0 Å². The van der Waals surface area contributed by atoms with Gasteiger partial charge in [-0.05, 0) is 41.7 Å². The number of nitrogens with one attached hydrogen (secondary N) is 2. The lowest BCUT2D eigenvalue weighted by Crippen LogP contribution is -2.43. The van der Waals surface area contributed by atoms with Gasteiger partial charge in [0.1, 0.15) is 6.04 Å². The fourth-order valence-corrected chi connectivity index (χ4v) is 5.05. The van der Waals surface area contributed by atoms with Crippen LogP contribution in [0.15, 0.2) is 84.9 Å². The lowest BCUT2D eigenvalue weighted by molar-refractivity contribution is -0.129. The van der Waals surface area contributed by atoms with Gasteiger partial charge in [-0.2, -0.15) is 0 Å². The van der Waals surface area contributed by atoms with Crippen molar-refractivity contribution in [2.45, 2.75) is 19.0 Å². The Balaban J connectivity index is 1.16. The number of carbonyl (C=O) groups is 3. The summed E-state index contributed by atoms with van der Waals surface area (Å²) in [5.74, 6) is -0.391. The molecule has 5 rings (SSSR count). The summed E-state index contributed by atoms with van der Waals surface area (Å²) in [4.78, 5) is 42.8. The number of nitrogens with zero attached hydrogens (tertiary/aromatic N) is 2. The van der Waals surface area contributed by atoms with E-state index in [9.17, 15) is 14.4 Å². The van der Waals surface area contributed by atoms with Gasteiger partial charge in [-0.15, -0.1) is 0 Å². The van der Waals surface area contributed by atoms with E-state index in [0.717, 1.165) is 25.1 Å². The molecule has 7 nitrogen and oxygen atoms in total. The first kappa shape index (κ1) is 23.6. The maximum Gasteiger partial charge on any atom is 0.255 e. The summed E-state index contributed by atoms with van der Waals surface area (Å²) in [7, 11) is 0. The molecule has 3 aromatic carbocycles. The van der Waals surface area contributed by atoms with Crippen LogP contribution in [0.4, 0.5) is 5.69 Å². The highest BCUT2D eigenvalue weighted by molar-refractivity contribution is 6.05. The Hall–Kier alpha value is -4.13. The van der Waals surface area contributed by atoms with Gasteiger partial charge in [-0.1, -0.05) is 66.7 Å². The van der Waals surface area contributed by atoms with Crippen molar-refractivity contribution in [3.8, 4) is 0 Å². The maximum atomic E-state index is 13.2. The van der Waals surface area contributed by atoms with Crippen LogP contribution in [0.3, 0.4) is 0 Å². The number of hydrogen-bond donors (Lipinski definition) is 2. The summed E-state index contributed by atoms with van der Waals surface area (Å²) in [6.07, 6.45) is 1.01. The number of fused-ring (bicyclic) bond motifs is 1.